The molecule has 0 saturated carbocycles. The van der Waals surface area contributed by atoms with Crippen LogP contribution in [0.15, 0.2) is 0 Å². The molecule has 0 aromatic rings. The molecule has 0 heterocycles. The molecule has 0 aliphatic heterocycles. The van der Waals surface area contributed by atoms with E-state index >= 15 is 0 Å². The van der Waals surface area contributed by atoms with Gasteiger partial charge in [-0.2, -0.15) is 0 Å². The molecular weight excluding hydrogens is 162 g/mol. The second kappa shape index (κ2) is 5.29. The van der Waals surface area contributed by atoms with Crippen LogP contribution in [0.2, 0.25) is 0 Å². The second-order valence-corrected chi connectivity index (χ2v) is 2.26. The average molecular weight is 173 g/mol. The number of rotatable bonds is 5. The van der Waals surface area contributed by atoms with Crippen molar-refractivity contribution >= 4 is 18.2 Å². The third kappa shape index (κ3) is 4.43. The summed E-state index contributed by atoms with van der Waals surface area (Å²) in [5.41, 5.74) is 0. The van der Waals surface area contributed by atoms with Crippen LogP contribution >= 0.6 is 0 Å². The van der Waals surface area contributed by atoms with Crippen LogP contribution in [0.4, 0.5) is 0 Å². The summed E-state index contributed by atoms with van der Waals surface area (Å²) in [4.78, 5) is 31.0. The lowest BCUT2D eigenvalue weighted by atomic mass is 10.2. The maximum Gasteiger partial charge on any atom is 0.305 e. The molecule has 2 N–H and O–H groups in total. The van der Waals surface area contributed by atoms with Crippen LogP contribution in [0.5, 0.6) is 0 Å². The summed E-state index contributed by atoms with van der Waals surface area (Å²) in [6, 6.07) is -0.907. The van der Waals surface area contributed by atoms with Crippen LogP contribution in [0, 0.1) is 0 Å². The van der Waals surface area contributed by atoms with E-state index in [9.17, 15) is 14.4 Å². The second-order valence-electron chi connectivity index (χ2n) is 2.26. The summed E-state index contributed by atoms with van der Waals surface area (Å²) >= 11 is 0. The Morgan fingerprint density at radius 3 is 2.50 bits per heavy atom. The first-order valence-electron chi connectivity index (χ1n) is 3.56. The van der Waals surface area contributed by atoms with Gasteiger partial charge in [0.1, 0.15) is 6.29 Å². The van der Waals surface area contributed by atoms with Crippen molar-refractivity contribution < 1.29 is 19.5 Å². The van der Waals surface area contributed by atoms with Gasteiger partial charge in [-0.3, -0.25) is 9.59 Å². The molecule has 0 fully saturated rings. The van der Waals surface area contributed by atoms with E-state index in [4.69, 9.17) is 5.11 Å². The highest BCUT2D eigenvalue weighted by molar-refractivity contribution is 5.82. The van der Waals surface area contributed by atoms with Gasteiger partial charge in [0.25, 0.3) is 0 Å². The number of carbonyl (C=O) groups is 3. The summed E-state index contributed by atoms with van der Waals surface area (Å²) in [7, 11) is 0. The Balaban J connectivity index is 3.90. The van der Waals surface area contributed by atoms with Crippen LogP contribution in [0.3, 0.4) is 0 Å². The van der Waals surface area contributed by atoms with Gasteiger partial charge in [0.15, 0.2) is 0 Å². The van der Waals surface area contributed by atoms with Gasteiger partial charge in [-0.15, -0.1) is 0 Å². The molecule has 0 bridgehead atoms. The van der Waals surface area contributed by atoms with Crippen molar-refractivity contribution in [3.63, 3.8) is 0 Å². The zero-order valence-corrected chi connectivity index (χ0v) is 6.74. The fourth-order valence-electron chi connectivity index (χ4n) is 0.630. The topological polar surface area (TPSA) is 83.5 Å². The highest BCUT2D eigenvalue weighted by Gasteiger charge is 2.13. The molecule has 1 amide bonds. The quantitative estimate of drug-likeness (QED) is 0.552. The maximum absolute atomic E-state index is 10.7. The van der Waals surface area contributed by atoms with E-state index in [0.717, 1.165) is 0 Å². The van der Waals surface area contributed by atoms with Crippen LogP contribution in [-0.4, -0.2) is 29.3 Å². The van der Waals surface area contributed by atoms with Gasteiger partial charge in [-0.25, -0.2) is 0 Å². The molecule has 1 atom stereocenters. The van der Waals surface area contributed by atoms with E-state index in [-0.39, 0.29) is 18.7 Å². The van der Waals surface area contributed by atoms with Crippen molar-refractivity contribution in [2.24, 2.45) is 0 Å². The van der Waals surface area contributed by atoms with Crippen molar-refractivity contribution in [1.29, 1.82) is 0 Å². The van der Waals surface area contributed by atoms with E-state index in [0.29, 0.717) is 6.29 Å². The average Bonchev–Trinajstić information content (AvgIpc) is 2.02. The number of carbonyl (C=O) groups excluding carboxylic acids is 2. The minimum Gasteiger partial charge on any atom is -0.481 e. The standard InChI is InChI=1S/C7H11NO4/c1-2-6(10)8-5(4-9)3-7(11)12/h4-5H,2-3H2,1H3,(H,8,10)(H,11,12)/t5-/m1/s1. The van der Waals surface area contributed by atoms with Gasteiger partial charge >= 0.3 is 5.97 Å². The first-order valence-corrected chi connectivity index (χ1v) is 3.56. The van der Waals surface area contributed by atoms with E-state index in [1.807, 2.05) is 0 Å². The Kier molecular flexibility index (Phi) is 4.67. The Morgan fingerprint density at radius 1 is 1.58 bits per heavy atom. The molecule has 0 aliphatic carbocycles. The monoisotopic (exact) mass is 173 g/mol. The zero-order chi connectivity index (χ0) is 9.56. The number of aldehydes is 1. The lowest BCUT2D eigenvalue weighted by Gasteiger charge is -2.08. The Bertz CT molecular complexity index is 190. The summed E-state index contributed by atoms with van der Waals surface area (Å²) in [5, 5.41) is 10.6. The van der Waals surface area contributed by atoms with Crippen molar-refractivity contribution in [3.05, 3.63) is 0 Å². The van der Waals surface area contributed by atoms with Crippen LogP contribution in [0.1, 0.15) is 19.8 Å². The van der Waals surface area contributed by atoms with Gasteiger partial charge in [0, 0.05) is 6.42 Å². The largest absolute Gasteiger partial charge is 0.481 e. The van der Waals surface area contributed by atoms with E-state index in [1.165, 1.54) is 0 Å². The molecule has 0 spiro atoms. The van der Waals surface area contributed by atoms with Gasteiger partial charge in [-0.05, 0) is 0 Å². The molecule has 5 heteroatoms. The third-order valence-electron chi connectivity index (χ3n) is 1.23. The van der Waals surface area contributed by atoms with Crippen LogP contribution in [0.25, 0.3) is 0 Å². The summed E-state index contributed by atoms with van der Waals surface area (Å²) < 4.78 is 0. The lowest BCUT2D eigenvalue weighted by molar-refractivity contribution is -0.138. The van der Waals surface area contributed by atoms with E-state index in [2.05, 4.69) is 5.32 Å². The number of hydrogen-bond acceptors (Lipinski definition) is 3. The van der Waals surface area contributed by atoms with E-state index < -0.39 is 12.0 Å². The van der Waals surface area contributed by atoms with Crippen molar-refractivity contribution in [3.8, 4) is 0 Å². The zero-order valence-electron chi connectivity index (χ0n) is 6.74. The molecule has 68 valence electrons. The minimum absolute atomic E-state index is 0.240. The van der Waals surface area contributed by atoms with Gasteiger partial charge in [-0.1, -0.05) is 6.92 Å². The SMILES string of the molecule is CCC(=O)N[C@@H](C=O)CC(=O)O. The number of nitrogens with one attached hydrogen (secondary N) is 1. The van der Waals surface area contributed by atoms with Gasteiger partial charge < -0.3 is 15.2 Å². The molecule has 0 aromatic heterocycles. The van der Waals surface area contributed by atoms with E-state index in [1.54, 1.807) is 6.92 Å². The minimum atomic E-state index is -1.11. The van der Waals surface area contributed by atoms with Crippen molar-refractivity contribution in [1.82, 2.24) is 5.32 Å². The fourth-order valence-corrected chi connectivity index (χ4v) is 0.630. The Morgan fingerprint density at radius 2 is 2.17 bits per heavy atom. The lowest BCUT2D eigenvalue weighted by Crippen LogP contribution is -2.37. The molecule has 0 saturated heterocycles. The number of carboxylic acids is 1. The Labute approximate surface area is 69.8 Å². The van der Waals surface area contributed by atoms with Crippen LogP contribution in [-0.2, 0) is 14.4 Å². The third-order valence-corrected chi connectivity index (χ3v) is 1.23. The van der Waals surface area contributed by atoms with Crippen molar-refractivity contribution in [2.45, 2.75) is 25.8 Å². The number of aliphatic carboxylic acids is 1. The highest BCUT2D eigenvalue weighted by Crippen LogP contribution is 1.89. The first-order chi connectivity index (χ1) is 5.60. The summed E-state index contributed by atoms with van der Waals surface area (Å²) in [5.74, 6) is -1.43. The first kappa shape index (κ1) is 10.6. The predicted octanol–water partition coefficient (Wildman–Crippen LogP) is -0.445. The highest BCUT2D eigenvalue weighted by atomic mass is 16.4. The molecule has 0 rings (SSSR count). The van der Waals surface area contributed by atoms with Gasteiger partial charge in [0.05, 0.1) is 12.5 Å². The number of amides is 1. The molecule has 0 aliphatic rings. The molecular formula is C7H11NO4. The fraction of sp³-hybridized carbons (Fsp3) is 0.571. The smallest absolute Gasteiger partial charge is 0.305 e. The molecule has 5 nitrogen and oxygen atoms in total. The molecule has 12 heavy (non-hydrogen) atoms. The number of hydrogen-bond donors (Lipinski definition) is 2. The van der Waals surface area contributed by atoms with Gasteiger partial charge in [0.2, 0.25) is 5.91 Å². The Hall–Kier alpha value is -1.39. The molecule has 0 unspecified atom stereocenters. The normalized spacial score (nSPS) is 11.8. The number of carboxylic acid groups (broad SMARTS) is 1. The summed E-state index contributed by atoms with van der Waals surface area (Å²) in [6.45, 7) is 1.62. The van der Waals surface area contributed by atoms with Crippen molar-refractivity contribution in [2.75, 3.05) is 0 Å². The predicted molar refractivity (Wildman–Crippen MR) is 40.5 cm³/mol. The summed E-state index contributed by atoms with van der Waals surface area (Å²) in [6.07, 6.45) is 0.293. The molecule has 0 radical (unpaired) electrons. The van der Waals surface area contributed by atoms with Crippen LogP contribution < -0.4 is 5.32 Å². The molecule has 0 aromatic carbocycles. The maximum atomic E-state index is 10.7.